The van der Waals surface area contributed by atoms with Crippen molar-refractivity contribution in [2.75, 3.05) is 45.9 Å². The number of carbonyl (C=O) groups excluding carboxylic acids is 1. The van der Waals surface area contributed by atoms with Crippen LogP contribution in [0.2, 0.25) is 0 Å². The molecule has 0 spiro atoms. The second kappa shape index (κ2) is 12.2. The predicted molar refractivity (Wildman–Crippen MR) is 115 cm³/mol. The summed E-state index contributed by atoms with van der Waals surface area (Å²) in [5.74, 6) is 1.11. The van der Waals surface area contributed by atoms with Crippen LogP contribution in [0.1, 0.15) is 50.5 Å². The van der Waals surface area contributed by atoms with E-state index < -0.39 is 6.10 Å². The first-order chi connectivity index (χ1) is 14.2. The van der Waals surface area contributed by atoms with Crippen molar-refractivity contribution in [3.8, 4) is 5.75 Å². The Morgan fingerprint density at radius 2 is 1.93 bits per heavy atom. The van der Waals surface area contributed by atoms with Gasteiger partial charge in [0.05, 0.1) is 0 Å². The third-order valence-electron chi connectivity index (χ3n) is 5.79. The first-order valence-corrected chi connectivity index (χ1v) is 11.3. The van der Waals surface area contributed by atoms with Crippen LogP contribution in [0.15, 0.2) is 24.3 Å². The normalized spacial score (nSPS) is 19.3. The molecule has 0 radical (unpaired) electrons. The van der Waals surface area contributed by atoms with Gasteiger partial charge in [-0.15, -0.1) is 0 Å². The van der Waals surface area contributed by atoms with E-state index in [0.29, 0.717) is 25.5 Å². The minimum Gasteiger partial charge on any atom is -0.491 e. The Morgan fingerprint density at radius 3 is 2.69 bits per heavy atom. The molecule has 29 heavy (non-hydrogen) atoms. The molecule has 6 nitrogen and oxygen atoms in total. The van der Waals surface area contributed by atoms with E-state index in [1.807, 2.05) is 23.1 Å². The van der Waals surface area contributed by atoms with E-state index in [9.17, 15) is 9.90 Å². The minimum absolute atomic E-state index is 0.299. The number of hydrogen-bond donors (Lipinski definition) is 2. The molecule has 1 aromatic carbocycles. The second-order valence-corrected chi connectivity index (χ2v) is 8.34. The molecule has 162 valence electrons. The molecule has 1 unspecified atom stereocenters. The van der Waals surface area contributed by atoms with E-state index in [0.717, 1.165) is 57.9 Å². The first kappa shape index (κ1) is 22.1. The number of amides is 1. The molecule has 0 saturated carbocycles. The molecular formula is C23H37N3O3. The monoisotopic (exact) mass is 403 g/mol. The van der Waals surface area contributed by atoms with Crippen molar-refractivity contribution in [1.82, 2.24) is 15.1 Å². The molecule has 1 atom stereocenters. The number of rotatable bonds is 11. The van der Waals surface area contributed by atoms with Gasteiger partial charge in [-0.05, 0) is 63.0 Å². The lowest BCUT2D eigenvalue weighted by Gasteiger charge is -2.23. The zero-order chi connectivity index (χ0) is 20.3. The fourth-order valence-electron chi connectivity index (χ4n) is 4.18. The Morgan fingerprint density at radius 1 is 1.10 bits per heavy atom. The summed E-state index contributed by atoms with van der Waals surface area (Å²) < 4.78 is 5.84. The maximum Gasteiger partial charge on any atom is 0.222 e. The smallest absolute Gasteiger partial charge is 0.222 e. The molecule has 0 aromatic heterocycles. The lowest BCUT2D eigenvalue weighted by atomic mass is 10.2. The van der Waals surface area contributed by atoms with Crippen LogP contribution in [-0.4, -0.2) is 72.8 Å². The summed E-state index contributed by atoms with van der Waals surface area (Å²) in [4.78, 5) is 15.9. The third-order valence-corrected chi connectivity index (χ3v) is 5.79. The van der Waals surface area contributed by atoms with Crippen LogP contribution in [0.25, 0.3) is 0 Å². The largest absolute Gasteiger partial charge is 0.491 e. The van der Waals surface area contributed by atoms with Crippen LogP contribution in [0, 0.1) is 0 Å². The third kappa shape index (κ3) is 7.96. The van der Waals surface area contributed by atoms with Crippen molar-refractivity contribution in [2.45, 2.75) is 57.6 Å². The number of ether oxygens (including phenoxy) is 1. The molecule has 0 aliphatic carbocycles. The number of aliphatic hydroxyl groups is 1. The number of carbonyl (C=O) groups is 1. The van der Waals surface area contributed by atoms with Gasteiger partial charge >= 0.3 is 0 Å². The summed E-state index contributed by atoms with van der Waals surface area (Å²) in [5.41, 5.74) is 1.17. The molecule has 2 fully saturated rings. The Labute approximate surface area is 175 Å². The number of β-amino-alcohol motifs (C(OH)–C–C–N with tert-alkyl or cyclic N) is 1. The van der Waals surface area contributed by atoms with E-state index >= 15 is 0 Å². The van der Waals surface area contributed by atoms with Gasteiger partial charge in [-0.3, -0.25) is 4.79 Å². The Hall–Kier alpha value is -1.63. The van der Waals surface area contributed by atoms with Crippen molar-refractivity contribution < 1.29 is 14.6 Å². The summed E-state index contributed by atoms with van der Waals surface area (Å²) in [7, 11) is 0. The van der Waals surface area contributed by atoms with Gasteiger partial charge in [0.2, 0.25) is 5.91 Å². The van der Waals surface area contributed by atoms with Gasteiger partial charge in [-0.25, -0.2) is 0 Å². The minimum atomic E-state index is -0.455. The lowest BCUT2D eigenvalue weighted by molar-refractivity contribution is -0.127. The highest BCUT2D eigenvalue weighted by Gasteiger charge is 2.18. The van der Waals surface area contributed by atoms with Crippen LogP contribution in [0.3, 0.4) is 0 Å². The number of nitrogens with zero attached hydrogens (tertiary/aromatic N) is 2. The Balaban J connectivity index is 1.31. The molecular weight excluding hydrogens is 366 g/mol. The Kier molecular flexibility index (Phi) is 9.25. The van der Waals surface area contributed by atoms with Gasteiger partial charge < -0.3 is 25.0 Å². The van der Waals surface area contributed by atoms with Crippen molar-refractivity contribution in [3.63, 3.8) is 0 Å². The molecule has 3 rings (SSSR count). The molecule has 2 N–H and O–H groups in total. The van der Waals surface area contributed by atoms with Crippen LogP contribution >= 0.6 is 0 Å². The van der Waals surface area contributed by atoms with Crippen molar-refractivity contribution in [2.24, 2.45) is 0 Å². The maximum absolute atomic E-state index is 11.6. The van der Waals surface area contributed by atoms with Gasteiger partial charge in [-0.1, -0.05) is 25.0 Å². The number of aliphatic hydroxyl groups excluding tert-OH is 1. The van der Waals surface area contributed by atoms with E-state index in [2.05, 4.69) is 16.3 Å². The first-order valence-electron chi connectivity index (χ1n) is 11.3. The van der Waals surface area contributed by atoms with Crippen molar-refractivity contribution in [3.05, 3.63) is 29.8 Å². The summed E-state index contributed by atoms with van der Waals surface area (Å²) in [6.07, 6.45) is 7.32. The van der Waals surface area contributed by atoms with Crippen LogP contribution in [0.5, 0.6) is 5.75 Å². The number of likely N-dealkylation sites (tertiary alicyclic amines) is 2. The fourth-order valence-corrected chi connectivity index (χ4v) is 4.18. The maximum atomic E-state index is 11.6. The standard InChI is InChI=1S/C23H37N3O3/c27-21(18-25-12-3-1-2-4-13-25)19-29-22-9-5-8-20(16-22)17-24-11-7-15-26-14-6-10-23(26)28/h5,8-9,16,21,24,27H,1-4,6-7,10-15,17-19H2. The molecule has 2 aliphatic rings. The van der Waals surface area contributed by atoms with E-state index in [1.165, 1.54) is 31.2 Å². The van der Waals surface area contributed by atoms with Gasteiger partial charge in [0.15, 0.2) is 0 Å². The number of benzene rings is 1. The van der Waals surface area contributed by atoms with Crippen LogP contribution < -0.4 is 10.1 Å². The highest BCUT2D eigenvalue weighted by atomic mass is 16.5. The molecule has 1 amide bonds. The second-order valence-electron chi connectivity index (χ2n) is 8.34. The SMILES string of the molecule is O=C1CCCN1CCCNCc1cccc(OCC(O)CN2CCCCCC2)c1. The summed E-state index contributed by atoms with van der Waals surface area (Å²) in [6, 6.07) is 8.06. The topological polar surface area (TPSA) is 65.0 Å². The number of hydrogen-bond acceptors (Lipinski definition) is 5. The van der Waals surface area contributed by atoms with Crippen molar-refractivity contribution >= 4 is 5.91 Å². The molecule has 1 aromatic rings. The molecule has 6 heteroatoms. The van der Waals surface area contributed by atoms with Crippen LogP contribution in [0.4, 0.5) is 0 Å². The molecule has 2 heterocycles. The van der Waals surface area contributed by atoms with E-state index in [-0.39, 0.29) is 0 Å². The zero-order valence-electron chi connectivity index (χ0n) is 17.7. The van der Waals surface area contributed by atoms with Crippen LogP contribution in [-0.2, 0) is 11.3 Å². The highest BCUT2D eigenvalue weighted by molar-refractivity contribution is 5.77. The van der Waals surface area contributed by atoms with E-state index in [4.69, 9.17) is 4.74 Å². The average Bonchev–Trinajstić information content (AvgIpc) is 2.96. The Bertz CT molecular complexity index is 617. The molecule has 2 aliphatic heterocycles. The van der Waals surface area contributed by atoms with E-state index in [1.54, 1.807) is 0 Å². The van der Waals surface area contributed by atoms with Crippen molar-refractivity contribution in [1.29, 1.82) is 0 Å². The predicted octanol–water partition coefficient (Wildman–Crippen LogP) is 2.40. The van der Waals surface area contributed by atoms with Gasteiger partial charge in [0.25, 0.3) is 0 Å². The van der Waals surface area contributed by atoms with Gasteiger partial charge in [0, 0.05) is 32.6 Å². The fraction of sp³-hybridized carbons (Fsp3) is 0.696. The number of nitrogens with one attached hydrogen (secondary N) is 1. The summed E-state index contributed by atoms with van der Waals surface area (Å²) in [5, 5.41) is 13.8. The average molecular weight is 404 g/mol. The lowest BCUT2D eigenvalue weighted by Crippen LogP contribution is -2.36. The quantitative estimate of drug-likeness (QED) is 0.556. The highest BCUT2D eigenvalue weighted by Crippen LogP contribution is 2.15. The van der Waals surface area contributed by atoms with Gasteiger partial charge in [-0.2, -0.15) is 0 Å². The van der Waals surface area contributed by atoms with Gasteiger partial charge in [0.1, 0.15) is 18.5 Å². The summed E-state index contributed by atoms with van der Waals surface area (Å²) in [6.45, 7) is 6.64. The zero-order valence-corrected chi connectivity index (χ0v) is 17.7. The molecule has 2 saturated heterocycles. The summed E-state index contributed by atoms with van der Waals surface area (Å²) >= 11 is 0. The molecule has 0 bridgehead atoms.